The van der Waals surface area contributed by atoms with Crippen molar-refractivity contribution in [1.82, 2.24) is 0 Å². The lowest BCUT2D eigenvalue weighted by Crippen LogP contribution is -2.27. The molecule has 0 aromatic carbocycles. The number of carbonyl (C=O) groups is 1. The minimum atomic E-state index is -0.844. The quantitative estimate of drug-likeness (QED) is 0.697. The van der Waals surface area contributed by atoms with Crippen molar-refractivity contribution in [2.45, 2.75) is 32.2 Å². The summed E-state index contributed by atoms with van der Waals surface area (Å²) in [5.74, 6) is -1.64. The fourth-order valence-corrected chi connectivity index (χ4v) is 1.49. The van der Waals surface area contributed by atoms with Crippen molar-refractivity contribution in [2.24, 2.45) is 5.92 Å². The molecule has 80 valence electrons. The maximum atomic E-state index is 10.5. The van der Waals surface area contributed by atoms with Gasteiger partial charge in [0.2, 0.25) is 0 Å². The molecular formula is C10H16O4. The number of carboxylic acids is 1. The minimum Gasteiger partial charge on any atom is -0.481 e. The molecule has 0 saturated carbocycles. The van der Waals surface area contributed by atoms with E-state index in [0.29, 0.717) is 6.61 Å². The summed E-state index contributed by atoms with van der Waals surface area (Å²) >= 11 is 0. The summed E-state index contributed by atoms with van der Waals surface area (Å²) in [4.78, 5) is 10.5. The van der Waals surface area contributed by atoms with Gasteiger partial charge in [-0.15, -0.1) is 6.58 Å². The van der Waals surface area contributed by atoms with Gasteiger partial charge in [-0.05, 0) is 13.8 Å². The number of aliphatic carboxylic acids is 1. The highest BCUT2D eigenvalue weighted by Crippen LogP contribution is 2.28. The number of rotatable bonds is 4. The number of ether oxygens (including phenoxy) is 2. The van der Waals surface area contributed by atoms with Gasteiger partial charge in [-0.25, -0.2) is 0 Å². The van der Waals surface area contributed by atoms with E-state index in [9.17, 15) is 4.79 Å². The predicted molar refractivity (Wildman–Crippen MR) is 50.8 cm³/mol. The van der Waals surface area contributed by atoms with Crippen LogP contribution in [-0.4, -0.2) is 29.6 Å². The van der Waals surface area contributed by atoms with Crippen molar-refractivity contribution in [2.75, 3.05) is 6.61 Å². The van der Waals surface area contributed by atoms with Crippen LogP contribution in [0.4, 0.5) is 0 Å². The number of carboxylic acid groups (broad SMARTS) is 1. The maximum Gasteiger partial charge on any atom is 0.304 e. The van der Waals surface area contributed by atoms with Crippen LogP contribution in [0, 0.1) is 5.92 Å². The second-order valence-electron chi connectivity index (χ2n) is 3.86. The Morgan fingerprint density at radius 2 is 2.43 bits per heavy atom. The largest absolute Gasteiger partial charge is 0.481 e. The molecule has 0 aliphatic carbocycles. The summed E-state index contributed by atoms with van der Waals surface area (Å²) in [6.07, 6.45) is 1.45. The van der Waals surface area contributed by atoms with E-state index in [4.69, 9.17) is 14.6 Å². The van der Waals surface area contributed by atoms with Crippen molar-refractivity contribution in [3.8, 4) is 0 Å². The van der Waals surface area contributed by atoms with Crippen LogP contribution in [0.3, 0.4) is 0 Å². The monoisotopic (exact) mass is 200 g/mol. The van der Waals surface area contributed by atoms with Gasteiger partial charge in [0.1, 0.15) is 0 Å². The Morgan fingerprint density at radius 3 is 2.79 bits per heavy atom. The zero-order valence-electron chi connectivity index (χ0n) is 8.53. The second-order valence-corrected chi connectivity index (χ2v) is 3.86. The van der Waals surface area contributed by atoms with E-state index in [1.54, 1.807) is 6.08 Å². The highest BCUT2D eigenvalue weighted by atomic mass is 16.7. The maximum absolute atomic E-state index is 10.5. The average molecular weight is 200 g/mol. The second kappa shape index (κ2) is 4.11. The van der Waals surface area contributed by atoms with Crippen molar-refractivity contribution in [1.29, 1.82) is 0 Å². The topological polar surface area (TPSA) is 55.8 Å². The molecule has 1 N–H and O–H groups in total. The Kier molecular flexibility index (Phi) is 3.29. The zero-order chi connectivity index (χ0) is 10.8. The van der Waals surface area contributed by atoms with Crippen LogP contribution in [0.25, 0.3) is 0 Å². The first-order valence-electron chi connectivity index (χ1n) is 4.61. The highest BCUT2D eigenvalue weighted by molar-refractivity contribution is 5.67. The molecule has 14 heavy (non-hydrogen) atoms. The van der Waals surface area contributed by atoms with Gasteiger partial charge in [-0.3, -0.25) is 4.79 Å². The van der Waals surface area contributed by atoms with Crippen molar-refractivity contribution in [3.63, 3.8) is 0 Å². The fraction of sp³-hybridized carbons (Fsp3) is 0.700. The Hall–Kier alpha value is -0.870. The van der Waals surface area contributed by atoms with Gasteiger partial charge in [0, 0.05) is 5.92 Å². The molecule has 0 bridgehead atoms. The van der Waals surface area contributed by atoms with Crippen molar-refractivity contribution in [3.05, 3.63) is 12.7 Å². The predicted octanol–water partition coefficient (Wildman–Crippen LogP) is 1.41. The first-order valence-corrected chi connectivity index (χ1v) is 4.61. The fourth-order valence-electron chi connectivity index (χ4n) is 1.49. The molecule has 1 fully saturated rings. The van der Waals surface area contributed by atoms with Crippen molar-refractivity contribution < 1.29 is 19.4 Å². The van der Waals surface area contributed by atoms with Gasteiger partial charge in [0.25, 0.3) is 0 Å². The molecule has 1 heterocycles. The smallest absolute Gasteiger partial charge is 0.304 e. The third kappa shape index (κ3) is 2.82. The molecule has 0 aromatic rings. The van der Waals surface area contributed by atoms with Crippen LogP contribution in [0.5, 0.6) is 0 Å². The van der Waals surface area contributed by atoms with Gasteiger partial charge in [-0.2, -0.15) is 0 Å². The Balaban J connectivity index is 2.55. The van der Waals surface area contributed by atoms with Gasteiger partial charge >= 0.3 is 5.97 Å². The van der Waals surface area contributed by atoms with Crippen LogP contribution < -0.4 is 0 Å². The lowest BCUT2D eigenvalue weighted by atomic mass is 9.99. The molecule has 0 amide bonds. The van der Waals surface area contributed by atoms with E-state index in [-0.39, 0.29) is 18.4 Å². The van der Waals surface area contributed by atoms with Gasteiger partial charge < -0.3 is 14.6 Å². The zero-order valence-corrected chi connectivity index (χ0v) is 8.53. The van der Waals surface area contributed by atoms with Crippen LogP contribution >= 0.6 is 0 Å². The number of hydrogen-bond donors (Lipinski definition) is 1. The van der Waals surface area contributed by atoms with E-state index < -0.39 is 11.8 Å². The molecule has 2 unspecified atom stereocenters. The Morgan fingerprint density at radius 1 is 1.79 bits per heavy atom. The molecule has 4 nitrogen and oxygen atoms in total. The van der Waals surface area contributed by atoms with Gasteiger partial charge in [0.15, 0.2) is 5.79 Å². The van der Waals surface area contributed by atoms with Crippen LogP contribution in [0.1, 0.15) is 20.3 Å². The third-order valence-electron chi connectivity index (χ3n) is 2.22. The number of hydrogen-bond acceptors (Lipinski definition) is 3. The normalized spacial score (nSPS) is 27.1. The molecule has 1 saturated heterocycles. The molecular weight excluding hydrogens is 184 g/mol. The molecule has 2 atom stereocenters. The van der Waals surface area contributed by atoms with E-state index in [1.165, 1.54) is 0 Å². The molecule has 0 aromatic heterocycles. The Bertz CT molecular complexity index is 234. The summed E-state index contributed by atoms with van der Waals surface area (Å²) in [5.41, 5.74) is 0. The first kappa shape index (κ1) is 11.2. The highest BCUT2D eigenvalue weighted by Gasteiger charge is 2.36. The van der Waals surface area contributed by atoms with Gasteiger partial charge in [-0.1, -0.05) is 6.08 Å². The standard InChI is InChI=1S/C10H16O4/c1-4-7(5-9(11)12)8-6-13-10(2,3)14-8/h4,7-8H,1,5-6H2,2-3H3,(H,11,12). The van der Waals surface area contributed by atoms with Crippen molar-refractivity contribution >= 4 is 5.97 Å². The van der Waals surface area contributed by atoms with E-state index >= 15 is 0 Å². The summed E-state index contributed by atoms with van der Waals surface area (Å²) in [7, 11) is 0. The summed E-state index contributed by atoms with van der Waals surface area (Å²) in [6.45, 7) is 7.66. The van der Waals surface area contributed by atoms with Crippen LogP contribution in [0.15, 0.2) is 12.7 Å². The molecule has 0 radical (unpaired) electrons. The SMILES string of the molecule is C=CC(CC(=O)O)C1COC(C)(C)O1. The lowest BCUT2D eigenvalue weighted by molar-refractivity contribution is -0.148. The Labute approximate surface area is 83.5 Å². The average Bonchev–Trinajstić information content (AvgIpc) is 2.41. The summed E-state index contributed by atoms with van der Waals surface area (Å²) in [5, 5.41) is 8.66. The molecule has 1 aliphatic rings. The lowest BCUT2D eigenvalue weighted by Gasteiger charge is -2.20. The molecule has 1 rings (SSSR count). The van der Waals surface area contributed by atoms with E-state index in [2.05, 4.69) is 6.58 Å². The summed E-state index contributed by atoms with van der Waals surface area (Å²) in [6, 6.07) is 0. The molecule has 0 spiro atoms. The molecule has 4 heteroatoms. The van der Waals surface area contributed by atoms with E-state index in [0.717, 1.165) is 0 Å². The first-order chi connectivity index (χ1) is 6.44. The minimum absolute atomic E-state index is 0.0353. The summed E-state index contributed by atoms with van der Waals surface area (Å²) < 4.78 is 10.9. The third-order valence-corrected chi connectivity index (χ3v) is 2.22. The van der Waals surface area contributed by atoms with Crippen LogP contribution in [-0.2, 0) is 14.3 Å². The van der Waals surface area contributed by atoms with E-state index in [1.807, 2.05) is 13.8 Å². The van der Waals surface area contributed by atoms with Crippen LogP contribution in [0.2, 0.25) is 0 Å². The molecule has 1 aliphatic heterocycles. The van der Waals surface area contributed by atoms with Gasteiger partial charge in [0.05, 0.1) is 19.1 Å².